The Morgan fingerprint density at radius 1 is 1.09 bits per heavy atom. The summed E-state index contributed by atoms with van der Waals surface area (Å²) >= 11 is 11.8. The van der Waals surface area contributed by atoms with Crippen LogP contribution < -0.4 is 4.72 Å². The van der Waals surface area contributed by atoms with E-state index in [0.717, 1.165) is 6.42 Å². The quantitative estimate of drug-likeness (QED) is 0.837. The predicted octanol–water partition coefficient (Wildman–Crippen LogP) is 4.29. The van der Waals surface area contributed by atoms with Gasteiger partial charge in [0.1, 0.15) is 4.90 Å². The second-order valence-electron chi connectivity index (χ2n) is 5.12. The third-order valence-electron chi connectivity index (χ3n) is 3.25. The van der Waals surface area contributed by atoms with Crippen LogP contribution in [0.1, 0.15) is 18.9 Å². The fourth-order valence-corrected chi connectivity index (χ4v) is 4.14. The molecular formula is C16H17Cl2NO2S. The summed E-state index contributed by atoms with van der Waals surface area (Å²) < 4.78 is 27.4. The van der Waals surface area contributed by atoms with Crippen LogP contribution in [0.5, 0.6) is 0 Å². The van der Waals surface area contributed by atoms with Crippen LogP contribution >= 0.6 is 23.2 Å². The molecule has 0 aliphatic heterocycles. The first-order valence-corrected chi connectivity index (χ1v) is 9.14. The first-order chi connectivity index (χ1) is 10.4. The third kappa shape index (κ3) is 4.71. The molecule has 1 N–H and O–H groups in total. The van der Waals surface area contributed by atoms with E-state index in [-0.39, 0.29) is 16.0 Å². The van der Waals surface area contributed by atoms with Gasteiger partial charge in [0.2, 0.25) is 10.0 Å². The molecule has 6 heteroatoms. The average Bonchev–Trinajstić information content (AvgIpc) is 2.48. The highest BCUT2D eigenvalue weighted by atomic mass is 35.5. The number of aryl methyl sites for hydroxylation is 1. The number of rotatable bonds is 6. The van der Waals surface area contributed by atoms with Crippen molar-refractivity contribution in [2.75, 3.05) is 0 Å². The zero-order chi connectivity index (χ0) is 16.2. The summed E-state index contributed by atoms with van der Waals surface area (Å²) in [6.07, 6.45) is 1.50. The molecule has 0 heterocycles. The molecule has 2 aromatic rings. The van der Waals surface area contributed by atoms with E-state index in [1.165, 1.54) is 17.7 Å². The minimum absolute atomic E-state index is 0.00762. The van der Waals surface area contributed by atoms with Crippen LogP contribution in [-0.4, -0.2) is 14.5 Å². The molecule has 0 bridgehead atoms. The van der Waals surface area contributed by atoms with Crippen LogP contribution in [0, 0.1) is 0 Å². The first-order valence-electron chi connectivity index (χ1n) is 6.90. The number of benzene rings is 2. The summed E-state index contributed by atoms with van der Waals surface area (Å²) in [6, 6.07) is 14.1. The molecular weight excluding hydrogens is 341 g/mol. The van der Waals surface area contributed by atoms with Crippen molar-refractivity contribution in [2.45, 2.75) is 30.7 Å². The van der Waals surface area contributed by atoms with Gasteiger partial charge in [-0.2, -0.15) is 0 Å². The van der Waals surface area contributed by atoms with E-state index in [1.54, 1.807) is 6.07 Å². The van der Waals surface area contributed by atoms with Crippen LogP contribution in [0.4, 0.5) is 0 Å². The lowest BCUT2D eigenvalue weighted by atomic mass is 10.1. The minimum Gasteiger partial charge on any atom is -0.208 e. The molecule has 3 nitrogen and oxygen atoms in total. The zero-order valence-electron chi connectivity index (χ0n) is 12.1. The standard InChI is InChI=1S/C16H17Cl2NO2S/c1-12(7-8-13-5-3-2-4-6-13)19-22(20,21)16-11-14(17)9-10-15(16)18/h2-6,9-12,19H,7-8H2,1H3/t12-/m1/s1. The van der Waals surface area contributed by atoms with Gasteiger partial charge in [0, 0.05) is 11.1 Å². The Morgan fingerprint density at radius 3 is 2.45 bits per heavy atom. The zero-order valence-corrected chi connectivity index (χ0v) is 14.4. The second kappa shape index (κ2) is 7.47. The second-order valence-corrected chi connectivity index (χ2v) is 7.65. The molecule has 0 radical (unpaired) electrons. The van der Waals surface area contributed by atoms with E-state index in [9.17, 15) is 8.42 Å². The van der Waals surface area contributed by atoms with E-state index in [1.807, 2.05) is 37.3 Å². The topological polar surface area (TPSA) is 46.2 Å². The molecule has 0 fully saturated rings. The van der Waals surface area contributed by atoms with E-state index >= 15 is 0 Å². The lowest BCUT2D eigenvalue weighted by molar-refractivity contribution is 0.547. The highest BCUT2D eigenvalue weighted by molar-refractivity contribution is 7.89. The Hall–Kier alpha value is -1.07. The van der Waals surface area contributed by atoms with Crippen LogP contribution in [0.2, 0.25) is 10.0 Å². The van der Waals surface area contributed by atoms with Gasteiger partial charge in [0.05, 0.1) is 5.02 Å². The highest BCUT2D eigenvalue weighted by Crippen LogP contribution is 2.25. The summed E-state index contributed by atoms with van der Waals surface area (Å²) in [7, 11) is -3.68. The summed E-state index contributed by atoms with van der Waals surface area (Å²) in [6.45, 7) is 1.83. The molecule has 118 valence electrons. The molecule has 1 atom stereocenters. The largest absolute Gasteiger partial charge is 0.242 e. The number of hydrogen-bond donors (Lipinski definition) is 1. The molecule has 0 saturated heterocycles. The van der Waals surface area contributed by atoms with Crippen molar-refractivity contribution >= 4 is 33.2 Å². The van der Waals surface area contributed by atoms with Gasteiger partial charge in [-0.15, -0.1) is 0 Å². The Balaban J connectivity index is 2.03. The first kappa shape index (κ1) is 17.3. The number of nitrogens with one attached hydrogen (secondary N) is 1. The average molecular weight is 358 g/mol. The third-order valence-corrected chi connectivity index (χ3v) is 5.55. The number of halogens is 2. The smallest absolute Gasteiger partial charge is 0.208 e. The Kier molecular flexibility index (Phi) is 5.87. The maximum absolute atomic E-state index is 12.4. The summed E-state index contributed by atoms with van der Waals surface area (Å²) in [5.41, 5.74) is 1.18. The number of hydrogen-bond acceptors (Lipinski definition) is 2. The maximum Gasteiger partial charge on any atom is 0.242 e. The fraction of sp³-hybridized carbons (Fsp3) is 0.250. The SMILES string of the molecule is C[C@H](CCc1ccccc1)NS(=O)(=O)c1cc(Cl)ccc1Cl. The summed E-state index contributed by atoms with van der Waals surface area (Å²) in [5.74, 6) is 0. The summed E-state index contributed by atoms with van der Waals surface area (Å²) in [4.78, 5) is 0.00762. The molecule has 2 rings (SSSR count). The van der Waals surface area contributed by atoms with Crippen molar-refractivity contribution in [1.29, 1.82) is 0 Å². The molecule has 0 spiro atoms. The van der Waals surface area contributed by atoms with Gasteiger partial charge in [-0.3, -0.25) is 0 Å². The van der Waals surface area contributed by atoms with Crippen LogP contribution in [0.25, 0.3) is 0 Å². The fourth-order valence-electron chi connectivity index (χ4n) is 2.10. The molecule has 0 saturated carbocycles. The van der Waals surface area contributed by atoms with Gasteiger partial charge in [-0.25, -0.2) is 13.1 Å². The van der Waals surface area contributed by atoms with Gasteiger partial charge in [0.15, 0.2) is 0 Å². The lowest BCUT2D eigenvalue weighted by Gasteiger charge is -2.15. The predicted molar refractivity (Wildman–Crippen MR) is 91.0 cm³/mol. The molecule has 0 unspecified atom stereocenters. The lowest BCUT2D eigenvalue weighted by Crippen LogP contribution is -2.33. The van der Waals surface area contributed by atoms with E-state index in [2.05, 4.69) is 4.72 Å². The molecule has 22 heavy (non-hydrogen) atoms. The van der Waals surface area contributed by atoms with Gasteiger partial charge in [-0.1, -0.05) is 53.5 Å². The number of sulfonamides is 1. The van der Waals surface area contributed by atoms with Crippen molar-refractivity contribution < 1.29 is 8.42 Å². The summed E-state index contributed by atoms with van der Waals surface area (Å²) in [5, 5.41) is 0.494. The molecule has 0 amide bonds. The maximum atomic E-state index is 12.4. The van der Waals surface area contributed by atoms with Crippen molar-refractivity contribution in [3.05, 3.63) is 64.1 Å². The van der Waals surface area contributed by atoms with Gasteiger partial charge in [0.25, 0.3) is 0 Å². The van der Waals surface area contributed by atoms with Crippen LogP contribution in [0.15, 0.2) is 53.4 Å². The molecule has 0 aromatic heterocycles. The van der Waals surface area contributed by atoms with Gasteiger partial charge < -0.3 is 0 Å². The van der Waals surface area contributed by atoms with Crippen LogP contribution in [-0.2, 0) is 16.4 Å². The molecule has 0 aliphatic rings. The monoisotopic (exact) mass is 357 g/mol. The van der Waals surface area contributed by atoms with E-state index < -0.39 is 10.0 Å². The van der Waals surface area contributed by atoms with E-state index in [4.69, 9.17) is 23.2 Å². The molecule has 0 aliphatic carbocycles. The normalized spacial score (nSPS) is 13.0. The minimum atomic E-state index is -3.68. The Labute approximate surface area is 141 Å². The van der Waals surface area contributed by atoms with Crippen molar-refractivity contribution in [3.8, 4) is 0 Å². The van der Waals surface area contributed by atoms with Crippen LogP contribution in [0.3, 0.4) is 0 Å². The Bertz CT molecular complexity index is 733. The van der Waals surface area contributed by atoms with Gasteiger partial charge >= 0.3 is 0 Å². The Morgan fingerprint density at radius 2 is 1.77 bits per heavy atom. The van der Waals surface area contributed by atoms with Gasteiger partial charge in [-0.05, 0) is 43.5 Å². The van der Waals surface area contributed by atoms with Crippen molar-refractivity contribution in [2.24, 2.45) is 0 Å². The van der Waals surface area contributed by atoms with Crippen molar-refractivity contribution in [3.63, 3.8) is 0 Å². The van der Waals surface area contributed by atoms with E-state index in [0.29, 0.717) is 11.4 Å². The highest BCUT2D eigenvalue weighted by Gasteiger charge is 2.20. The molecule has 2 aromatic carbocycles. The van der Waals surface area contributed by atoms with Crippen molar-refractivity contribution in [1.82, 2.24) is 4.72 Å².